The first-order chi connectivity index (χ1) is 32.7. The van der Waals surface area contributed by atoms with E-state index in [0.29, 0.717) is 58.0 Å². The SMILES string of the molecule is C1=CCc2c3c([se]c2=C1)=CC=C(N(c1ccc(-c2ccc(N(C4=CC=c5[se]c6c(c5C4)CC=CC=6)c4ccc5[se]c6ccccc6c5c4)cc2)cc1)c1ccc2[se]c4ccccc4c2c1)C3. The number of fused-ring (bicyclic) bond motifs is 12. The van der Waals surface area contributed by atoms with Crippen molar-refractivity contribution in [3.63, 3.8) is 0 Å². The van der Waals surface area contributed by atoms with Crippen molar-refractivity contribution in [1.29, 1.82) is 0 Å². The summed E-state index contributed by atoms with van der Waals surface area (Å²) >= 11 is 1.46. The zero-order chi connectivity index (χ0) is 43.3. The third-order valence-electron chi connectivity index (χ3n) is 13.7. The van der Waals surface area contributed by atoms with Crippen molar-refractivity contribution in [2.45, 2.75) is 25.7 Å². The first-order valence-electron chi connectivity index (χ1n) is 22.7. The van der Waals surface area contributed by atoms with Crippen LogP contribution in [0.5, 0.6) is 0 Å². The normalized spacial score (nSPS) is 14.7. The van der Waals surface area contributed by atoms with Gasteiger partial charge in [-0.3, -0.25) is 0 Å². The van der Waals surface area contributed by atoms with Crippen LogP contribution in [0, 0.1) is 0 Å². The Labute approximate surface area is 406 Å². The Kier molecular flexibility index (Phi) is 9.61. The Bertz CT molecular complexity index is 3790. The minimum absolute atomic E-state index is 0.339. The van der Waals surface area contributed by atoms with E-state index < -0.39 is 0 Å². The third kappa shape index (κ3) is 6.63. The van der Waals surface area contributed by atoms with Crippen LogP contribution in [0.3, 0.4) is 0 Å². The number of hydrogen-bond donors (Lipinski definition) is 0. The Balaban J connectivity index is 0.832. The summed E-state index contributed by atoms with van der Waals surface area (Å²) in [4.78, 5) is 5.07. The Morgan fingerprint density at radius 1 is 0.333 bits per heavy atom. The summed E-state index contributed by atoms with van der Waals surface area (Å²) in [6.45, 7) is 0. The van der Waals surface area contributed by atoms with Crippen molar-refractivity contribution in [2.24, 2.45) is 0 Å². The van der Waals surface area contributed by atoms with Gasteiger partial charge >= 0.3 is 410 Å². The molecular formula is C60H40N2Se4. The predicted octanol–water partition coefficient (Wildman–Crippen LogP) is 10.1. The van der Waals surface area contributed by atoms with Gasteiger partial charge in [-0.05, 0) is 0 Å². The Morgan fingerprint density at radius 3 is 1.21 bits per heavy atom. The molecule has 66 heavy (non-hydrogen) atoms. The van der Waals surface area contributed by atoms with Crippen molar-refractivity contribution in [1.82, 2.24) is 0 Å². The van der Waals surface area contributed by atoms with Crippen LogP contribution in [0.25, 0.3) is 74.0 Å². The summed E-state index contributed by atoms with van der Waals surface area (Å²) in [7, 11) is 0. The zero-order valence-corrected chi connectivity index (χ0v) is 42.7. The molecule has 0 fully saturated rings. The number of hydrogen-bond acceptors (Lipinski definition) is 2. The van der Waals surface area contributed by atoms with Crippen molar-refractivity contribution in [3.8, 4) is 11.1 Å². The second-order valence-electron chi connectivity index (χ2n) is 17.5. The molecule has 0 N–H and O–H groups in total. The fraction of sp³-hybridized carbons (Fsp3) is 0.0667. The third-order valence-corrected chi connectivity index (χ3v) is 23.6. The second-order valence-corrected chi connectivity index (χ2v) is 26.6. The van der Waals surface area contributed by atoms with Crippen molar-refractivity contribution >= 4 is 144 Å². The molecule has 0 spiro atoms. The van der Waals surface area contributed by atoms with Gasteiger partial charge < -0.3 is 0 Å². The fourth-order valence-electron chi connectivity index (χ4n) is 10.5. The molecule has 0 amide bonds. The monoisotopic (exact) mass is 1110 g/mol. The molecule has 4 aliphatic carbocycles. The van der Waals surface area contributed by atoms with Crippen LogP contribution in [0.2, 0.25) is 0 Å². The molecule has 4 heterocycles. The van der Waals surface area contributed by atoms with E-state index >= 15 is 0 Å². The number of allylic oxidation sites excluding steroid dienone is 8. The standard InChI is InChI=1S/C60H40N2Se4/c1-5-13-53-45(9-1)49-33-41(25-29-57(49)63-53)61(42-26-30-58-50(34-42)46-10-2-6-14-54(46)64-58)39-21-17-37(18-22-39)38-19-23-40(24-20-38)62(43-27-31-59-51(35-43)47-11-3-7-15-55(47)65-59)44-28-32-60-52(36-44)48-12-4-8-16-56(48)66-60/h1-9,11,13-33,35H,10,12,34,36H2. The molecule has 4 aliphatic rings. The maximum absolute atomic E-state index is 2.53. The Morgan fingerprint density at radius 2 is 0.742 bits per heavy atom. The van der Waals surface area contributed by atoms with Crippen LogP contribution >= 0.6 is 0 Å². The van der Waals surface area contributed by atoms with E-state index in [9.17, 15) is 0 Å². The summed E-state index contributed by atoms with van der Waals surface area (Å²) in [6.07, 6.45) is 27.5. The van der Waals surface area contributed by atoms with E-state index in [1.807, 2.05) is 0 Å². The van der Waals surface area contributed by atoms with Crippen molar-refractivity contribution in [3.05, 3.63) is 220 Å². The van der Waals surface area contributed by atoms with Crippen LogP contribution in [-0.4, -0.2) is 58.0 Å². The van der Waals surface area contributed by atoms with Gasteiger partial charge in [-0.25, -0.2) is 0 Å². The summed E-state index contributed by atoms with van der Waals surface area (Å²) in [5.41, 5.74) is 16.2. The van der Waals surface area contributed by atoms with E-state index in [1.54, 1.807) is 38.6 Å². The van der Waals surface area contributed by atoms with E-state index in [1.165, 1.54) is 83.9 Å². The van der Waals surface area contributed by atoms with Gasteiger partial charge in [0.05, 0.1) is 0 Å². The number of rotatable bonds is 7. The van der Waals surface area contributed by atoms with Crippen molar-refractivity contribution < 1.29 is 0 Å². The summed E-state index contributed by atoms with van der Waals surface area (Å²) in [6, 6.07) is 51.1. The van der Waals surface area contributed by atoms with Crippen LogP contribution in [-0.2, 0) is 25.7 Å². The van der Waals surface area contributed by atoms with Crippen LogP contribution in [0.1, 0.15) is 22.3 Å². The molecule has 0 saturated heterocycles. The van der Waals surface area contributed by atoms with Gasteiger partial charge in [-0.15, -0.1) is 0 Å². The molecule has 6 heteroatoms. The number of nitrogens with zero attached hydrogens (tertiary/aromatic N) is 2. The van der Waals surface area contributed by atoms with Gasteiger partial charge in [0, 0.05) is 0 Å². The molecule has 314 valence electrons. The summed E-state index contributed by atoms with van der Waals surface area (Å²) < 4.78 is 12.1. The molecule has 2 nitrogen and oxygen atoms in total. The van der Waals surface area contributed by atoms with E-state index in [2.05, 4.69) is 204 Å². The van der Waals surface area contributed by atoms with Gasteiger partial charge in [0.15, 0.2) is 0 Å². The van der Waals surface area contributed by atoms with Gasteiger partial charge in [0.2, 0.25) is 0 Å². The first kappa shape index (κ1) is 39.6. The van der Waals surface area contributed by atoms with E-state index in [-0.39, 0.29) is 0 Å². The van der Waals surface area contributed by atoms with E-state index in [4.69, 9.17) is 0 Å². The van der Waals surface area contributed by atoms with Gasteiger partial charge in [-0.1, -0.05) is 0 Å². The van der Waals surface area contributed by atoms with Gasteiger partial charge in [-0.2, -0.15) is 0 Å². The predicted molar refractivity (Wildman–Crippen MR) is 285 cm³/mol. The molecule has 0 aliphatic heterocycles. The molecule has 0 radical (unpaired) electrons. The molecule has 0 unspecified atom stereocenters. The van der Waals surface area contributed by atoms with Crippen molar-refractivity contribution in [2.75, 3.05) is 9.80 Å². The second kappa shape index (κ2) is 16.0. The first-order valence-corrected chi connectivity index (χ1v) is 29.5. The van der Waals surface area contributed by atoms with Crippen LogP contribution in [0.4, 0.5) is 22.7 Å². The molecule has 0 bridgehead atoms. The molecule has 0 atom stereocenters. The van der Waals surface area contributed by atoms with Gasteiger partial charge in [0.25, 0.3) is 0 Å². The minimum atomic E-state index is 0.339. The Hall–Kier alpha value is -5.60. The summed E-state index contributed by atoms with van der Waals surface area (Å²) in [5.74, 6) is 0. The fourth-order valence-corrected chi connectivity index (χ4v) is 20.0. The van der Waals surface area contributed by atoms with Gasteiger partial charge in [0.1, 0.15) is 0 Å². The molecule has 0 saturated carbocycles. The van der Waals surface area contributed by atoms with E-state index in [0.717, 1.165) is 25.7 Å². The zero-order valence-electron chi connectivity index (χ0n) is 35.8. The molecule has 10 aromatic rings. The average molecular weight is 1100 g/mol. The number of benzene rings is 6. The van der Waals surface area contributed by atoms with Crippen LogP contribution in [0.15, 0.2) is 181 Å². The quantitative estimate of drug-likeness (QED) is 0.147. The molecule has 6 aromatic carbocycles. The molecular weight excluding hydrogens is 1060 g/mol. The topological polar surface area (TPSA) is 6.48 Å². The van der Waals surface area contributed by atoms with Crippen LogP contribution < -0.4 is 26.2 Å². The summed E-state index contributed by atoms with van der Waals surface area (Å²) in [5, 5.41) is 5.57. The number of anilines is 4. The molecule has 4 aromatic heterocycles. The average Bonchev–Trinajstić information content (AvgIpc) is 4.14. The molecule has 14 rings (SSSR count). The maximum atomic E-state index is 2.53.